The maximum absolute atomic E-state index is 10.6. The molecule has 0 amide bonds. The molecule has 0 atom stereocenters. The van der Waals surface area contributed by atoms with E-state index < -0.39 is 4.92 Å². The van der Waals surface area contributed by atoms with Crippen molar-refractivity contribution in [1.82, 2.24) is 4.98 Å². The van der Waals surface area contributed by atoms with Crippen molar-refractivity contribution in [2.75, 3.05) is 0 Å². The Morgan fingerprint density at radius 1 is 1.64 bits per heavy atom. The van der Waals surface area contributed by atoms with Gasteiger partial charge in [-0.25, -0.2) is 4.98 Å². The van der Waals surface area contributed by atoms with Gasteiger partial charge in [0.15, 0.2) is 0 Å². The minimum Gasteiger partial charge on any atom is -0.474 e. The van der Waals surface area contributed by atoms with Crippen LogP contribution < -0.4 is 4.74 Å². The van der Waals surface area contributed by atoms with Gasteiger partial charge in [-0.3, -0.25) is 10.1 Å². The summed E-state index contributed by atoms with van der Waals surface area (Å²) in [5.41, 5.74) is 0.619. The number of aromatic nitrogens is 1. The Bertz CT molecular complexity index is 374. The van der Waals surface area contributed by atoms with Gasteiger partial charge in [-0.05, 0) is 19.8 Å². The third-order valence-corrected chi connectivity index (χ3v) is 2.06. The molecule has 0 radical (unpaired) electrons. The number of ether oxygens (including phenoxy) is 1. The first-order valence-corrected chi connectivity index (χ1v) is 4.44. The number of hydrogen-bond acceptors (Lipinski definition) is 4. The van der Waals surface area contributed by atoms with E-state index in [0.29, 0.717) is 11.4 Å². The number of hydrogen-bond donors (Lipinski definition) is 0. The predicted molar refractivity (Wildman–Crippen MR) is 49.3 cm³/mol. The van der Waals surface area contributed by atoms with Gasteiger partial charge in [0.25, 0.3) is 5.69 Å². The lowest BCUT2D eigenvalue weighted by Gasteiger charge is -2.03. The number of nitro groups is 1. The molecule has 1 saturated carbocycles. The minimum absolute atomic E-state index is 0.0654. The third-order valence-electron chi connectivity index (χ3n) is 2.06. The highest BCUT2D eigenvalue weighted by Crippen LogP contribution is 2.28. The summed E-state index contributed by atoms with van der Waals surface area (Å²) in [5.74, 6) is 0.352. The summed E-state index contributed by atoms with van der Waals surface area (Å²) >= 11 is 0. The van der Waals surface area contributed by atoms with Crippen molar-refractivity contribution in [3.63, 3.8) is 0 Å². The van der Waals surface area contributed by atoms with E-state index in [9.17, 15) is 10.1 Å². The van der Waals surface area contributed by atoms with E-state index in [1.54, 1.807) is 6.92 Å². The Morgan fingerprint density at radius 3 is 2.93 bits per heavy atom. The van der Waals surface area contributed by atoms with Crippen LogP contribution in [0.3, 0.4) is 0 Å². The first kappa shape index (κ1) is 8.93. The molecule has 14 heavy (non-hydrogen) atoms. The quantitative estimate of drug-likeness (QED) is 0.544. The largest absolute Gasteiger partial charge is 0.474 e. The van der Waals surface area contributed by atoms with E-state index in [4.69, 9.17) is 4.74 Å². The zero-order valence-electron chi connectivity index (χ0n) is 7.77. The second-order valence-electron chi connectivity index (χ2n) is 3.38. The molecule has 0 saturated heterocycles. The fourth-order valence-electron chi connectivity index (χ4n) is 1.11. The van der Waals surface area contributed by atoms with Crippen LogP contribution in [0.15, 0.2) is 12.3 Å². The molecule has 74 valence electrons. The second-order valence-corrected chi connectivity index (χ2v) is 3.38. The van der Waals surface area contributed by atoms with Gasteiger partial charge >= 0.3 is 0 Å². The van der Waals surface area contributed by atoms with Gasteiger partial charge in [0.1, 0.15) is 6.10 Å². The summed E-state index contributed by atoms with van der Waals surface area (Å²) in [6.07, 6.45) is 3.72. The topological polar surface area (TPSA) is 65.3 Å². The fraction of sp³-hybridized carbons (Fsp3) is 0.444. The zero-order valence-corrected chi connectivity index (χ0v) is 7.77. The van der Waals surface area contributed by atoms with Crippen molar-refractivity contribution in [3.8, 4) is 5.88 Å². The third kappa shape index (κ3) is 1.81. The van der Waals surface area contributed by atoms with Crippen molar-refractivity contribution >= 4 is 5.69 Å². The summed E-state index contributed by atoms with van der Waals surface area (Å²) < 4.78 is 5.36. The zero-order chi connectivity index (χ0) is 10.1. The SMILES string of the molecule is Cc1cnc(OC2CC2)cc1[N+](=O)[O-]. The van der Waals surface area contributed by atoms with Crippen molar-refractivity contribution in [2.24, 2.45) is 0 Å². The highest BCUT2D eigenvalue weighted by atomic mass is 16.6. The van der Waals surface area contributed by atoms with Gasteiger partial charge < -0.3 is 4.74 Å². The van der Waals surface area contributed by atoms with Crippen LogP contribution in [-0.2, 0) is 0 Å². The molecular formula is C9H10N2O3. The molecule has 0 aromatic carbocycles. The first-order chi connectivity index (χ1) is 6.66. The van der Waals surface area contributed by atoms with Gasteiger partial charge in [0, 0.05) is 11.8 Å². The predicted octanol–water partition coefficient (Wildman–Crippen LogP) is 1.84. The molecule has 5 heteroatoms. The molecule has 0 spiro atoms. The van der Waals surface area contributed by atoms with Crippen LogP contribution in [0.25, 0.3) is 0 Å². The van der Waals surface area contributed by atoms with Crippen molar-refractivity contribution < 1.29 is 9.66 Å². The van der Waals surface area contributed by atoms with E-state index in [2.05, 4.69) is 4.98 Å². The Morgan fingerprint density at radius 2 is 2.36 bits per heavy atom. The first-order valence-electron chi connectivity index (χ1n) is 4.44. The molecule has 1 aromatic rings. The van der Waals surface area contributed by atoms with Crippen LogP contribution in [0.4, 0.5) is 5.69 Å². The van der Waals surface area contributed by atoms with Gasteiger partial charge in [-0.15, -0.1) is 0 Å². The average molecular weight is 194 g/mol. The maximum Gasteiger partial charge on any atom is 0.279 e. The summed E-state index contributed by atoms with van der Waals surface area (Å²) in [7, 11) is 0. The number of aryl methyl sites for hydroxylation is 1. The molecule has 0 aliphatic heterocycles. The highest BCUT2D eigenvalue weighted by molar-refractivity contribution is 5.40. The van der Waals surface area contributed by atoms with Gasteiger partial charge in [0.2, 0.25) is 5.88 Å². The van der Waals surface area contributed by atoms with E-state index in [1.165, 1.54) is 12.3 Å². The molecule has 0 unspecified atom stereocenters. The van der Waals surface area contributed by atoms with Crippen LogP contribution in [0.5, 0.6) is 5.88 Å². The lowest BCUT2D eigenvalue weighted by molar-refractivity contribution is -0.385. The number of pyridine rings is 1. The smallest absolute Gasteiger partial charge is 0.279 e. The van der Waals surface area contributed by atoms with E-state index in [1.807, 2.05) is 0 Å². The monoisotopic (exact) mass is 194 g/mol. The van der Waals surface area contributed by atoms with Crippen LogP contribution in [-0.4, -0.2) is 16.0 Å². The molecule has 1 heterocycles. The van der Waals surface area contributed by atoms with Crippen molar-refractivity contribution in [2.45, 2.75) is 25.9 Å². The van der Waals surface area contributed by atoms with E-state index in [0.717, 1.165) is 12.8 Å². The van der Waals surface area contributed by atoms with Gasteiger partial charge in [-0.1, -0.05) is 0 Å². The second kappa shape index (κ2) is 3.25. The van der Waals surface area contributed by atoms with E-state index in [-0.39, 0.29) is 11.8 Å². The van der Waals surface area contributed by atoms with Gasteiger partial charge in [0.05, 0.1) is 11.0 Å². The van der Waals surface area contributed by atoms with Crippen LogP contribution in [0, 0.1) is 17.0 Å². The Balaban J connectivity index is 2.24. The lowest BCUT2D eigenvalue weighted by Crippen LogP contribution is -2.00. The molecule has 1 aromatic heterocycles. The summed E-state index contributed by atoms with van der Waals surface area (Å²) in [6, 6.07) is 1.38. The maximum atomic E-state index is 10.6. The molecule has 1 aliphatic rings. The fourth-order valence-corrected chi connectivity index (χ4v) is 1.11. The Kier molecular flexibility index (Phi) is 2.07. The standard InChI is InChI=1S/C9H10N2O3/c1-6-5-10-9(14-7-2-3-7)4-8(6)11(12)13/h4-5,7H,2-3H2,1H3. The van der Waals surface area contributed by atoms with E-state index >= 15 is 0 Å². The molecule has 0 bridgehead atoms. The normalized spacial score (nSPS) is 15.2. The molecule has 0 N–H and O–H groups in total. The molecular weight excluding hydrogens is 184 g/mol. The average Bonchev–Trinajstić information content (AvgIpc) is 2.92. The van der Waals surface area contributed by atoms with Crippen molar-refractivity contribution in [1.29, 1.82) is 0 Å². The molecule has 5 nitrogen and oxygen atoms in total. The summed E-state index contributed by atoms with van der Waals surface area (Å²) in [6.45, 7) is 1.66. The molecule has 1 aliphatic carbocycles. The Labute approximate surface area is 80.9 Å². The van der Waals surface area contributed by atoms with Crippen LogP contribution in [0.1, 0.15) is 18.4 Å². The van der Waals surface area contributed by atoms with Crippen LogP contribution in [0.2, 0.25) is 0 Å². The minimum atomic E-state index is -0.420. The van der Waals surface area contributed by atoms with Crippen LogP contribution >= 0.6 is 0 Å². The highest BCUT2D eigenvalue weighted by Gasteiger charge is 2.25. The van der Waals surface area contributed by atoms with Crippen molar-refractivity contribution in [3.05, 3.63) is 27.9 Å². The lowest BCUT2D eigenvalue weighted by atomic mass is 10.3. The number of rotatable bonds is 3. The molecule has 1 fully saturated rings. The molecule has 2 rings (SSSR count). The summed E-state index contributed by atoms with van der Waals surface area (Å²) in [5, 5.41) is 10.6. The summed E-state index contributed by atoms with van der Waals surface area (Å²) in [4.78, 5) is 14.2. The Hall–Kier alpha value is -1.65. The van der Waals surface area contributed by atoms with Gasteiger partial charge in [-0.2, -0.15) is 0 Å². The number of nitrogens with zero attached hydrogens (tertiary/aromatic N) is 2.